The van der Waals surface area contributed by atoms with E-state index in [4.69, 9.17) is 27.4 Å². The van der Waals surface area contributed by atoms with Crippen molar-refractivity contribution in [3.8, 4) is 0 Å². The zero-order valence-electron chi connectivity index (χ0n) is 21.6. The van der Waals surface area contributed by atoms with Gasteiger partial charge in [0.15, 0.2) is 0 Å². The van der Waals surface area contributed by atoms with Crippen molar-refractivity contribution < 1.29 is 22.4 Å². The number of hydrogen-bond acceptors (Lipinski definition) is 12. The van der Waals surface area contributed by atoms with Crippen molar-refractivity contribution in [1.82, 2.24) is 14.5 Å². The maximum atomic E-state index is 12.6. The van der Waals surface area contributed by atoms with Crippen molar-refractivity contribution in [3.05, 3.63) is 65.9 Å². The van der Waals surface area contributed by atoms with Crippen LogP contribution in [-0.2, 0) is 11.3 Å². The van der Waals surface area contributed by atoms with E-state index in [0.717, 1.165) is 50.2 Å². The summed E-state index contributed by atoms with van der Waals surface area (Å²) in [6.07, 6.45) is 1.70. The molecule has 0 saturated carbocycles. The third-order valence-electron chi connectivity index (χ3n) is 6.33. The molecule has 13 nitrogen and oxygen atoms in total. The predicted octanol–water partition coefficient (Wildman–Crippen LogP) is 1.85. The van der Waals surface area contributed by atoms with E-state index < -0.39 is 28.1 Å². The molecule has 39 heavy (non-hydrogen) atoms. The van der Waals surface area contributed by atoms with E-state index >= 15 is 0 Å². The molecule has 0 bridgehead atoms. The van der Waals surface area contributed by atoms with E-state index in [-0.39, 0.29) is 27.8 Å². The number of anilines is 1. The van der Waals surface area contributed by atoms with Crippen LogP contribution in [0.4, 0.5) is 5.95 Å². The van der Waals surface area contributed by atoms with Gasteiger partial charge in [0.2, 0.25) is 28.3 Å². The summed E-state index contributed by atoms with van der Waals surface area (Å²) in [7, 11) is 2.04. The number of ether oxygens (including phenoxy) is 1. The number of fused-ring (bicyclic) bond motifs is 6. The first-order chi connectivity index (χ1) is 18.9. The zero-order valence-corrected chi connectivity index (χ0v) is 21.6. The van der Waals surface area contributed by atoms with Crippen LogP contribution in [0.15, 0.2) is 61.1 Å². The Balaban J connectivity index is 1.97. The van der Waals surface area contributed by atoms with Crippen LogP contribution in [0.5, 0.6) is 0 Å². The second-order valence-corrected chi connectivity index (χ2v) is 9.18. The topological polar surface area (TPSA) is 154 Å². The molecule has 1 fully saturated rings. The van der Waals surface area contributed by atoms with Gasteiger partial charge in [-0.05, 0) is 26.4 Å². The van der Waals surface area contributed by atoms with Crippen LogP contribution in [0.1, 0.15) is 19.8 Å². The Hall–Kier alpha value is -4.23. The SMILES string of the molecule is CCCOCCn1c(N2CCCN(C)CC2)nc2c3oc(=O)ccc(=O)oc3c3oc(=O)ccc(=O)oc3c21. The van der Waals surface area contributed by atoms with Crippen molar-refractivity contribution in [1.29, 1.82) is 0 Å². The van der Waals surface area contributed by atoms with Crippen molar-refractivity contribution in [3.63, 3.8) is 0 Å². The molecule has 0 N–H and O–H groups in total. The average molecular weight is 541 g/mol. The molecule has 0 unspecified atom stereocenters. The van der Waals surface area contributed by atoms with Gasteiger partial charge in [-0.25, -0.2) is 24.2 Å². The Labute approximate surface area is 220 Å². The van der Waals surface area contributed by atoms with Gasteiger partial charge in [-0.2, -0.15) is 0 Å². The fourth-order valence-corrected chi connectivity index (χ4v) is 4.54. The number of imidazole rings is 1. The van der Waals surface area contributed by atoms with E-state index in [0.29, 0.717) is 38.8 Å². The minimum Gasteiger partial charge on any atom is -0.417 e. The van der Waals surface area contributed by atoms with Gasteiger partial charge in [0, 0.05) is 57.1 Å². The molecular weight excluding hydrogens is 512 g/mol. The minimum atomic E-state index is -0.919. The van der Waals surface area contributed by atoms with Gasteiger partial charge in [-0.3, -0.25) is 0 Å². The highest BCUT2D eigenvalue weighted by Gasteiger charge is 2.27. The van der Waals surface area contributed by atoms with Crippen LogP contribution in [0.3, 0.4) is 0 Å². The summed E-state index contributed by atoms with van der Waals surface area (Å²) >= 11 is 0. The Morgan fingerprint density at radius 3 is 2.00 bits per heavy atom. The molecule has 206 valence electrons. The lowest BCUT2D eigenvalue weighted by molar-refractivity contribution is 0.128. The minimum absolute atomic E-state index is 0.0942. The first kappa shape index (κ1) is 26.4. The van der Waals surface area contributed by atoms with Gasteiger partial charge in [-0.15, -0.1) is 0 Å². The molecule has 3 aromatic heterocycles. The lowest BCUT2D eigenvalue weighted by Gasteiger charge is -2.23. The smallest absolute Gasteiger partial charge is 0.336 e. The lowest BCUT2D eigenvalue weighted by atomic mass is 10.2. The van der Waals surface area contributed by atoms with Gasteiger partial charge < -0.3 is 36.8 Å². The number of rotatable bonds is 6. The van der Waals surface area contributed by atoms with Crippen LogP contribution < -0.4 is 27.4 Å². The standard InChI is InChI=1S/C26H28N4O9/c1-3-14-35-15-13-30-21-20(27-26(30)29-10-4-9-28(2)11-12-29)22-24(38-18(33)7-5-16(31)36-22)25-23(21)37-17(32)6-8-19(34)39-25/h5-8H,3-4,9-15H2,1-2H3. The third-order valence-corrected chi connectivity index (χ3v) is 6.33. The first-order valence-electron chi connectivity index (χ1n) is 12.7. The number of hydrogen-bond donors (Lipinski definition) is 0. The number of likely N-dealkylation sites (N-methyl/N-ethyl adjacent to an activating group) is 1. The van der Waals surface area contributed by atoms with E-state index in [9.17, 15) is 19.2 Å². The summed E-state index contributed by atoms with van der Waals surface area (Å²) in [4.78, 5) is 59.1. The number of aromatic nitrogens is 2. The summed E-state index contributed by atoms with van der Waals surface area (Å²) in [6.45, 7) is 6.15. The molecule has 1 aliphatic heterocycles. The van der Waals surface area contributed by atoms with Gasteiger partial charge in [0.05, 0.1) is 6.61 Å². The first-order valence-corrected chi connectivity index (χ1v) is 12.7. The summed E-state index contributed by atoms with van der Waals surface area (Å²) in [5, 5.41) is 0. The number of nitrogens with zero attached hydrogens (tertiary/aromatic N) is 4. The second kappa shape index (κ2) is 11.3. The molecule has 4 heterocycles. The molecule has 0 spiro atoms. The maximum absolute atomic E-state index is 12.6. The normalized spacial score (nSPS) is 14.7. The van der Waals surface area contributed by atoms with E-state index in [1.807, 2.05) is 14.0 Å². The van der Waals surface area contributed by atoms with Crippen molar-refractivity contribution >= 4 is 39.3 Å². The highest BCUT2D eigenvalue weighted by Crippen LogP contribution is 2.35. The summed E-state index contributed by atoms with van der Waals surface area (Å²) < 4.78 is 29.6. The van der Waals surface area contributed by atoms with Crippen LogP contribution in [0, 0.1) is 0 Å². The Morgan fingerprint density at radius 2 is 1.36 bits per heavy atom. The molecule has 0 amide bonds. The van der Waals surface area contributed by atoms with Gasteiger partial charge in [0.25, 0.3) is 0 Å². The van der Waals surface area contributed by atoms with E-state index in [1.54, 1.807) is 4.57 Å². The largest absolute Gasteiger partial charge is 0.417 e. The lowest BCUT2D eigenvalue weighted by Crippen LogP contribution is -2.31. The highest BCUT2D eigenvalue weighted by molar-refractivity contribution is 6.15. The van der Waals surface area contributed by atoms with Gasteiger partial charge in [-0.1, -0.05) is 6.92 Å². The fourth-order valence-electron chi connectivity index (χ4n) is 4.54. The van der Waals surface area contributed by atoms with Crippen molar-refractivity contribution in [2.45, 2.75) is 26.3 Å². The monoisotopic (exact) mass is 540 g/mol. The molecule has 0 atom stereocenters. The summed E-state index contributed by atoms with van der Waals surface area (Å²) in [5.41, 5.74) is -4.43. The fraction of sp³-hybridized carbons (Fsp3) is 0.423. The Bertz CT molecular complexity index is 1810. The quantitative estimate of drug-likeness (QED) is 0.328. The van der Waals surface area contributed by atoms with Crippen LogP contribution >= 0.6 is 0 Å². The second-order valence-electron chi connectivity index (χ2n) is 9.18. The molecule has 0 radical (unpaired) electrons. The van der Waals surface area contributed by atoms with E-state index in [1.165, 1.54) is 0 Å². The molecule has 13 heteroatoms. The number of benzene rings is 1. The van der Waals surface area contributed by atoms with Crippen molar-refractivity contribution in [2.24, 2.45) is 0 Å². The molecule has 1 aromatic carbocycles. The molecule has 0 aliphatic carbocycles. The molecular formula is C26H28N4O9. The van der Waals surface area contributed by atoms with Crippen molar-refractivity contribution in [2.75, 3.05) is 51.3 Å². The van der Waals surface area contributed by atoms with Crippen LogP contribution in [0.25, 0.3) is 33.4 Å². The molecule has 1 saturated heterocycles. The maximum Gasteiger partial charge on any atom is 0.336 e. The average Bonchev–Trinajstić information content (AvgIpc) is 3.12. The Kier molecular flexibility index (Phi) is 7.61. The molecule has 4 aromatic rings. The van der Waals surface area contributed by atoms with Crippen LogP contribution in [0.2, 0.25) is 0 Å². The third kappa shape index (κ3) is 5.49. The van der Waals surface area contributed by atoms with Crippen LogP contribution in [-0.4, -0.2) is 60.9 Å². The highest BCUT2D eigenvalue weighted by atomic mass is 16.5. The Morgan fingerprint density at radius 1 is 0.769 bits per heavy atom. The van der Waals surface area contributed by atoms with Gasteiger partial charge >= 0.3 is 22.5 Å². The predicted molar refractivity (Wildman–Crippen MR) is 142 cm³/mol. The summed E-state index contributed by atoms with van der Waals surface area (Å²) in [6, 6.07) is 3.61. The summed E-state index contributed by atoms with van der Waals surface area (Å²) in [5.74, 6) is 0.510. The van der Waals surface area contributed by atoms with E-state index in [2.05, 4.69) is 9.80 Å². The zero-order chi connectivity index (χ0) is 27.5. The van der Waals surface area contributed by atoms with Gasteiger partial charge in [0.1, 0.15) is 11.0 Å². The molecule has 5 rings (SSSR count). The molecule has 1 aliphatic rings.